The van der Waals surface area contributed by atoms with Crippen molar-refractivity contribution in [3.63, 3.8) is 0 Å². The van der Waals surface area contributed by atoms with Crippen molar-refractivity contribution in [1.82, 2.24) is 4.90 Å². The molecule has 84 valence electrons. The fourth-order valence-electron chi connectivity index (χ4n) is 2.83. The third kappa shape index (κ3) is 2.07. The second-order valence-corrected chi connectivity index (χ2v) is 4.95. The van der Waals surface area contributed by atoms with Gasteiger partial charge in [0.2, 0.25) is 5.91 Å². The molecule has 1 saturated carbocycles. The Morgan fingerprint density at radius 3 is 2.73 bits per heavy atom. The van der Waals surface area contributed by atoms with E-state index in [1.165, 1.54) is 0 Å². The van der Waals surface area contributed by atoms with Gasteiger partial charge in [-0.15, -0.1) is 0 Å². The smallest absolute Gasteiger partial charge is 0.226 e. The molecule has 1 N–H and O–H groups in total. The minimum Gasteiger partial charge on any atom is -0.392 e. The van der Waals surface area contributed by atoms with Gasteiger partial charge in [-0.05, 0) is 31.6 Å². The molecule has 15 heavy (non-hydrogen) atoms. The summed E-state index contributed by atoms with van der Waals surface area (Å²) >= 11 is 0. The molecule has 1 fully saturated rings. The molecule has 2 aliphatic rings. The maximum atomic E-state index is 12.1. The van der Waals surface area contributed by atoms with Gasteiger partial charge in [-0.1, -0.05) is 12.2 Å². The molecular formula is C12H19NO2. The fourth-order valence-corrected chi connectivity index (χ4v) is 2.83. The minimum absolute atomic E-state index is 0.170. The van der Waals surface area contributed by atoms with Crippen molar-refractivity contribution in [2.45, 2.75) is 25.9 Å². The molecule has 0 spiro atoms. The number of likely N-dealkylation sites (N-methyl/N-ethyl adjacent to an activating group) is 1. The van der Waals surface area contributed by atoms with Crippen LogP contribution in [-0.2, 0) is 4.79 Å². The largest absolute Gasteiger partial charge is 0.392 e. The van der Waals surface area contributed by atoms with Crippen molar-refractivity contribution in [3.8, 4) is 0 Å². The molecule has 0 aliphatic heterocycles. The first kappa shape index (κ1) is 10.7. The Hall–Kier alpha value is -0.830. The first-order valence-corrected chi connectivity index (χ1v) is 5.69. The van der Waals surface area contributed by atoms with Crippen LogP contribution in [0.4, 0.5) is 0 Å². The summed E-state index contributed by atoms with van der Waals surface area (Å²) in [6.07, 6.45) is 6.15. The zero-order valence-electron chi connectivity index (χ0n) is 9.39. The van der Waals surface area contributed by atoms with Crippen LogP contribution in [0, 0.1) is 17.8 Å². The van der Waals surface area contributed by atoms with E-state index in [0.29, 0.717) is 18.4 Å². The van der Waals surface area contributed by atoms with E-state index in [1.807, 2.05) is 0 Å². The van der Waals surface area contributed by atoms with Crippen molar-refractivity contribution in [3.05, 3.63) is 12.2 Å². The third-order valence-corrected chi connectivity index (χ3v) is 3.51. The summed E-state index contributed by atoms with van der Waals surface area (Å²) in [4.78, 5) is 13.7. The highest BCUT2D eigenvalue weighted by Crippen LogP contribution is 2.43. The standard InChI is InChI=1S/C12H19NO2/c1-8(14)7-13(2)12(15)11-6-9-3-4-10(11)5-9/h3-4,8-11,14H,5-7H2,1-2H3. The van der Waals surface area contributed by atoms with Gasteiger partial charge in [-0.3, -0.25) is 4.79 Å². The van der Waals surface area contributed by atoms with Crippen LogP contribution in [0.25, 0.3) is 0 Å². The van der Waals surface area contributed by atoms with Gasteiger partial charge in [-0.25, -0.2) is 0 Å². The first-order chi connectivity index (χ1) is 7.08. The van der Waals surface area contributed by atoms with Crippen LogP contribution in [0.1, 0.15) is 19.8 Å². The van der Waals surface area contributed by atoms with Gasteiger partial charge in [0.1, 0.15) is 0 Å². The van der Waals surface area contributed by atoms with Gasteiger partial charge < -0.3 is 10.0 Å². The van der Waals surface area contributed by atoms with Crippen LogP contribution in [0.2, 0.25) is 0 Å². The van der Waals surface area contributed by atoms with Gasteiger partial charge >= 0.3 is 0 Å². The van der Waals surface area contributed by atoms with Crippen molar-refractivity contribution in [2.75, 3.05) is 13.6 Å². The predicted octanol–water partition coefficient (Wildman–Crippen LogP) is 1.04. The number of carbonyl (C=O) groups excluding carboxylic acids is 1. The summed E-state index contributed by atoms with van der Waals surface area (Å²) in [7, 11) is 1.78. The average Bonchev–Trinajstić information content (AvgIpc) is 2.76. The van der Waals surface area contributed by atoms with E-state index in [9.17, 15) is 9.90 Å². The molecule has 0 aromatic carbocycles. The Bertz CT molecular complexity index is 285. The second-order valence-electron chi connectivity index (χ2n) is 4.95. The highest BCUT2D eigenvalue weighted by atomic mass is 16.3. The highest BCUT2D eigenvalue weighted by molar-refractivity contribution is 5.79. The van der Waals surface area contributed by atoms with Gasteiger partial charge in [0.05, 0.1) is 6.10 Å². The number of amides is 1. The summed E-state index contributed by atoms with van der Waals surface area (Å²) in [6, 6.07) is 0. The predicted molar refractivity (Wildman–Crippen MR) is 58.2 cm³/mol. The topological polar surface area (TPSA) is 40.5 Å². The van der Waals surface area contributed by atoms with E-state index in [0.717, 1.165) is 12.8 Å². The first-order valence-electron chi connectivity index (χ1n) is 5.69. The highest BCUT2D eigenvalue weighted by Gasteiger charge is 2.40. The lowest BCUT2D eigenvalue weighted by atomic mass is 9.92. The minimum atomic E-state index is -0.437. The maximum Gasteiger partial charge on any atom is 0.226 e. The molecule has 0 aromatic heterocycles. The van der Waals surface area contributed by atoms with E-state index in [4.69, 9.17) is 0 Å². The molecule has 0 saturated heterocycles. The lowest BCUT2D eigenvalue weighted by Gasteiger charge is -2.25. The van der Waals surface area contributed by atoms with Gasteiger partial charge in [-0.2, -0.15) is 0 Å². The normalized spacial score (nSPS) is 34.5. The van der Waals surface area contributed by atoms with Crippen LogP contribution >= 0.6 is 0 Å². The second kappa shape index (κ2) is 3.97. The third-order valence-electron chi connectivity index (χ3n) is 3.51. The SMILES string of the molecule is CC(O)CN(C)C(=O)C1CC2C=CC1C2. The number of hydrogen-bond acceptors (Lipinski definition) is 2. The van der Waals surface area contributed by atoms with Crippen molar-refractivity contribution < 1.29 is 9.90 Å². The van der Waals surface area contributed by atoms with Crippen LogP contribution < -0.4 is 0 Å². The van der Waals surface area contributed by atoms with E-state index in [1.54, 1.807) is 18.9 Å². The average molecular weight is 209 g/mol. The molecule has 0 heterocycles. The van der Waals surface area contributed by atoms with Gasteiger partial charge in [0.25, 0.3) is 0 Å². The monoisotopic (exact) mass is 209 g/mol. The molecule has 4 atom stereocenters. The number of rotatable bonds is 3. The number of fused-ring (bicyclic) bond motifs is 2. The number of hydrogen-bond donors (Lipinski definition) is 1. The van der Waals surface area contributed by atoms with Crippen LogP contribution in [0.5, 0.6) is 0 Å². The molecule has 1 amide bonds. The van der Waals surface area contributed by atoms with Crippen molar-refractivity contribution in [2.24, 2.45) is 17.8 Å². The maximum absolute atomic E-state index is 12.1. The number of nitrogens with zero attached hydrogens (tertiary/aromatic N) is 1. The Labute approximate surface area is 90.8 Å². The fraction of sp³-hybridized carbons (Fsp3) is 0.750. The van der Waals surface area contributed by atoms with Crippen LogP contribution in [0.15, 0.2) is 12.2 Å². The Kier molecular flexibility index (Phi) is 2.83. The van der Waals surface area contributed by atoms with Crippen molar-refractivity contribution in [1.29, 1.82) is 0 Å². The summed E-state index contributed by atoms with van der Waals surface area (Å²) in [5.41, 5.74) is 0. The summed E-state index contributed by atoms with van der Waals surface area (Å²) < 4.78 is 0. The summed E-state index contributed by atoms with van der Waals surface area (Å²) in [6.45, 7) is 2.15. The number of aliphatic hydroxyl groups is 1. The van der Waals surface area contributed by atoms with Gasteiger partial charge in [0.15, 0.2) is 0 Å². The molecule has 0 radical (unpaired) electrons. The lowest BCUT2D eigenvalue weighted by Crippen LogP contribution is -2.38. The summed E-state index contributed by atoms with van der Waals surface area (Å²) in [5.74, 6) is 1.46. The number of carbonyl (C=O) groups is 1. The molecular weight excluding hydrogens is 190 g/mol. The Morgan fingerprint density at radius 2 is 2.27 bits per heavy atom. The molecule has 3 nitrogen and oxygen atoms in total. The number of allylic oxidation sites excluding steroid dienone is 2. The Balaban J connectivity index is 1.94. The quantitative estimate of drug-likeness (QED) is 0.705. The molecule has 3 heteroatoms. The molecule has 2 bridgehead atoms. The van der Waals surface area contributed by atoms with Crippen LogP contribution in [-0.4, -0.2) is 35.6 Å². The summed E-state index contributed by atoms with van der Waals surface area (Å²) in [5, 5.41) is 9.24. The van der Waals surface area contributed by atoms with E-state index < -0.39 is 6.10 Å². The molecule has 2 aliphatic carbocycles. The van der Waals surface area contributed by atoms with E-state index in [2.05, 4.69) is 12.2 Å². The van der Waals surface area contributed by atoms with Crippen LogP contribution in [0.3, 0.4) is 0 Å². The van der Waals surface area contributed by atoms with E-state index >= 15 is 0 Å². The number of aliphatic hydroxyl groups excluding tert-OH is 1. The zero-order valence-corrected chi connectivity index (χ0v) is 9.39. The van der Waals surface area contributed by atoms with Gasteiger partial charge in [0, 0.05) is 19.5 Å². The van der Waals surface area contributed by atoms with E-state index in [-0.39, 0.29) is 11.8 Å². The zero-order chi connectivity index (χ0) is 11.0. The molecule has 4 unspecified atom stereocenters. The van der Waals surface area contributed by atoms with Crippen molar-refractivity contribution >= 4 is 5.91 Å². The molecule has 0 aromatic rings. The molecule has 2 rings (SSSR count). The lowest BCUT2D eigenvalue weighted by molar-refractivity contribution is -0.136. The Morgan fingerprint density at radius 1 is 1.53 bits per heavy atom.